The first-order chi connectivity index (χ1) is 9.25. The molecule has 1 atom stereocenters. The number of nitrogens with one attached hydrogen (secondary N) is 1. The summed E-state index contributed by atoms with van der Waals surface area (Å²) in [4.78, 5) is 0.253. The summed E-state index contributed by atoms with van der Waals surface area (Å²) in [5, 5.41) is 3.31. The number of halogens is 3. The number of hydrogen-bond donors (Lipinski definition) is 1. The van der Waals surface area contributed by atoms with Gasteiger partial charge in [-0.05, 0) is 48.6 Å². The monoisotopic (exact) mass is 303 g/mol. The number of thioether (sulfide) groups is 1. The topological polar surface area (TPSA) is 12.0 Å². The van der Waals surface area contributed by atoms with Crippen molar-refractivity contribution in [2.24, 2.45) is 5.41 Å². The quantitative estimate of drug-likeness (QED) is 0.721. The van der Waals surface area contributed by atoms with Crippen molar-refractivity contribution in [3.63, 3.8) is 0 Å². The minimum absolute atomic E-state index is 0.0467. The van der Waals surface area contributed by atoms with E-state index in [1.807, 2.05) is 0 Å². The van der Waals surface area contributed by atoms with Crippen LogP contribution in [0.5, 0.6) is 0 Å². The van der Waals surface area contributed by atoms with Crippen molar-refractivity contribution in [2.45, 2.75) is 56.0 Å². The SMILES string of the molecule is CC1(C)CCCC(Nc2ccccc2SC(F)(F)F)C1. The molecule has 1 N–H and O–H groups in total. The van der Waals surface area contributed by atoms with Gasteiger partial charge in [-0.15, -0.1) is 0 Å². The highest BCUT2D eigenvalue weighted by Gasteiger charge is 2.32. The number of rotatable bonds is 3. The zero-order valence-electron chi connectivity index (χ0n) is 11.8. The number of hydrogen-bond acceptors (Lipinski definition) is 2. The molecule has 1 unspecified atom stereocenters. The van der Waals surface area contributed by atoms with Crippen molar-refractivity contribution in [1.29, 1.82) is 0 Å². The summed E-state index contributed by atoms with van der Waals surface area (Å²) < 4.78 is 37.7. The molecule has 1 nitrogen and oxygen atoms in total. The molecule has 1 aromatic carbocycles. The molecule has 1 aromatic rings. The van der Waals surface area contributed by atoms with Crippen LogP contribution >= 0.6 is 11.8 Å². The third-order valence-electron chi connectivity index (χ3n) is 3.68. The van der Waals surface area contributed by atoms with Crippen LogP contribution in [0.25, 0.3) is 0 Å². The summed E-state index contributed by atoms with van der Waals surface area (Å²) >= 11 is -0.0467. The van der Waals surface area contributed by atoms with E-state index < -0.39 is 5.51 Å². The third-order valence-corrected chi connectivity index (χ3v) is 4.48. The van der Waals surface area contributed by atoms with Gasteiger partial charge < -0.3 is 5.32 Å². The maximum Gasteiger partial charge on any atom is 0.446 e. The van der Waals surface area contributed by atoms with E-state index in [4.69, 9.17) is 0 Å². The van der Waals surface area contributed by atoms with E-state index in [0.29, 0.717) is 5.69 Å². The van der Waals surface area contributed by atoms with Crippen LogP contribution in [0.3, 0.4) is 0 Å². The van der Waals surface area contributed by atoms with Gasteiger partial charge in [0.05, 0.1) is 0 Å². The fraction of sp³-hybridized carbons (Fsp3) is 0.600. The Bertz CT molecular complexity index is 457. The molecule has 0 aromatic heterocycles. The highest BCUT2D eigenvalue weighted by molar-refractivity contribution is 8.00. The third kappa shape index (κ3) is 4.62. The lowest BCUT2D eigenvalue weighted by Gasteiger charge is -2.36. The maximum atomic E-state index is 12.6. The second-order valence-electron chi connectivity index (χ2n) is 6.15. The van der Waals surface area contributed by atoms with Crippen LogP contribution in [0.2, 0.25) is 0 Å². The van der Waals surface area contributed by atoms with Gasteiger partial charge in [0.2, 0.25) is 0 Å². The van der Waals surface area contributed by atoms with Crippen molar-refractivity contribution in [3.05, 3.63) is 24.3 Å². The predicted octanol–water partition coefficient (Wildman–Crippen LogP) is 5.68. The molecule has 0 bridgehead atoms. The standard InChI is InChI=1S/C15H20F3NS/c1-14(2)9-5-6-11(10-14)19-12-7-3-4-8-13(12)20-15(16,17)18/h3-4,7-8,11,19H,5-6,9-10H2,1-2H3. The molecule has 0 amide bonds. The lowest BCUT2D eigenvalue weighted by molar-refractivity contribution is -0.0328. The van der Waals surface area contributed by atoms with E-state index in [1.165, 1.54) is 12.5 Å². The van der Waals surface area contributed by atoms with E-state index in [9.17, 15) is 13.2 Å². The summed E-state index contributed by atoms with van der Waals surface area (Å²) in [6.45, 7) is 4.44. The molecule has 1 aliphatic carbocycles. The highest BCUT2D eigenvalue weighted by Crippen LogP contribution is 2.42. The van der Waals surface area contributed by atoms with Crippen LogP contribution in [-0.4, -0.2) is 11.6 Å². The van der Waals surface area contributed by atoms with Crippen molar-refractivity contribution in [2.75, 3.05) is 5.32 Å². The average molecular weight is 303 g/mol. The van der Waals surface area contributed by atoms with Crippen molar-refractivity contribution < 1.29 is 13.2 Å². The molecule has 0 aliphatic heterocycles. The van der Waals surface area contributed by atoms with Crippen molar-refractivity contribution in [1.82, 2.24) is 0 Å². The van der Waals surface area contributed by atoms with Gasteiger partial charge in [-0.2, -0.15) is 13.2 Å². The Labute approximate surface area is 122 Å². The number of alkyl halides is 3. The van der Waals surface area contributed by atoms with Gasteiger partial charge in [0.15, 0.2) is 0 Å². The van der Waals surface area contributed by atoms with Gasteiger partial charge in [-0.3, -0.25) is 0 Å². The van der Waals surface area contributed by atoms with Crippen LogP contribution < -0.4 is 5.32 Å². The summed E-state index contributed by atoms with van der Waals surface area (Å²) in [7, 11) is 0. The molecule has 5 heteroatoms. The van der Waals surface area contributed by atoms with E-state index in [2.05, 4.69) is 19.2 Å². The number of anilines is 1. The summed E-state index contributed by atoms with van der Waals surface area (Å²) in [5.41, 5.74) is -3.39. The molecular formula is C15H20F3NS. The Morgan fingerprint density at radius 3 is 2.60 bits per heavy atom. The summed E-state index contributed by atoms with van der Waals surface area (Å²) in [6.07, 6.45) is 4.33. The van der Waals surface area contributed by atoms with Crippen LogP contribution in [0.4, 0.5) is 18.9 Å². The first-order valence-corrected chi connectivity index (χ1v) is 7.68. The molecule has 20 heavy (non-hydrogen) atoms. The molecule has 0 heterocycles. The van der Waals surface area contributed by atoms with Crippen LogP contribution in [0.1, 0.15) is 39.5 Å². The van der Waals surface area contributed by atoms with Gasteiger partial charge in [-0.25, -0.2) is 0 Å². The van der Waals surface area contributed by atoms with Gasteiger partial charge in [0.25, 0.3) is 0 Å². The normalized spacial score (nSPS) is 22.6. The fourth-order valence-corrected chi connectivity index (χ4v) is 3.47. The second kappa shape index (κ2) is 5.88. The molecule has 1 fully saturated rings. The minimum atomic E-state index is -4.25. The molecule has 112 valence electrons. The van der Waals surface area contributed by atoms with E-state index in [1.54, 1.807) is 18.2 Å². The van der Waals surface area contributed by atoms with Gasteiger partial charge in [0, 0.05) is 16.6 Å². The Hall–Kier alpha value is -0.840. The first kappa shape index (κ1) is 15.5. The Balaban J connectivity index is 2.09. The van der Waals surface area contributed by atoms with E-state index in [0.717, 1.165) is 19.3 Å². The fourth-order valence-electron chi connectivity index (χ4n) is 2.84. The lowest BCUT2D eigenvalue weighted by atomic mass is 9.75. The maximum absolute atomic E-state index is 12.6. The molecular weight excluding hydrogens is 283 g/mol. The lowest BCUT2D eigenvalue weighted by Crippen LogP contribution is -2.31. The van der Waals surface area contributed by atoms with E-state index >= 15 is 0 Å². The summed E-state index contributed by atoms with van der Waals surface area (Å²) in [5.74, 6) is 0. The molecule has 1 saturated carbocycles. The van der Waals surface area contributed by atoms with E-state index in [-0.39, 0.29) is 28.1 Å². The molecule has 0 saturated heterocycles. The zero-order chi connectivity index (χ0) is 14.8. The Morgan fingerprint density at radius 1 is 1.25 bits per heavy atom. The predicted molar refractivity (Wildman–Crippen MR) is 78.0 cm³/mol. The zero-order valence-corrected chi connectivity index (χ0v) is 12.6. The largest absolute Gasteiger partial charge is 0.446 e. The Kier molecular flexibility index (Phi) is 4.57. The summed E-state index contributed by atoms with van der Waals surface area (Å²) in [6, 6.07) is 6.93. The average Bonchev–Trinajstić information content (AvgIpc) is 2.28. The second-order valence-corrected chi connectivity index (χ2v) is 7.25. The van der Waals surface area contributed by atoms with Crippen molar-refractivity contribution >= 4 is 17.4 Å². The highest BCUT2D eigenvalue weighted by atomic mass is 32.2. The van der Waals surface area contributed by atoms with Gasteiger partial charge >= 0.3 is 5.51 Å². The van der Waals surface area contributed by atoms with Crippen LogP contribution in [0.15, 0.2) is 29.2 Å². The first-order valence-electron chi connectivity index (χ1n) is 6.86. The van der Waals surface area contributed by atoms with Gasteiger partial charge in [-0.1, -0.05) is 32.4 Å². The van der Waals surface area contributed by atoms with Crippen LogP contribution in [0, 0.1) is 5.41 Å². The van der Waals surface area contributed by atoms with Crippen molar-refractivity contribution in [3.8, 4) is 0 Å². The smallest absolute Gasteiger partial charge is 0.381 e. The molecule has 0 spiro atoms. The van der Waals surface area contributed by atoms with Gasteiger partial charge in [0.1, 0.15) is 0 Å². The molecule has 1 aliphatic rings. The number of benzene rings is 1. The molecule has 0 radical (unpaired) electrons. The number of para-hydroxylation sites is 1. The molecule has 2 rings (SSSR count). The Morgan fingerprint density at radius 2 is 1.95 bits per heavy atom. The minimum Gasteiger partial charge on any atom is -0.381 e. The van der Waals surface area contributed by atoms with Crippen LogP contribution in [-0.2, 0) is 0 Å².